The first-order valence-corrected chi connectivity index (χ1v) is 13.6. The van der Waals surface area contributed by atoms with Crippen LogP contribution < -0.4 is 10.1 Å². The number of rotatable bonds is 8. The van der Waals surface area contributed by atoms with Crippen molar-refractivity contribution >= 4 is 30.1 Å². The monoisotopic (exact) mass is 526 g/mol. The van der Waals surface area contributed by atoms with Crippen LogP contribution in [0, 0.1) is 0 Å². The second kappa shape index (κ2) is 13.2. The van der Waals surface area contributed by atoms with Gasteiger partial charge in [-0.1, -0.05) is 55.5 Å². The van der Waals surface area contributed by atoms with Crippen LogP contribution in [0.1, 0.15) is 60.2 Å². The molecular formula is C32H34N2O3S. The van der Waals surface area contributed by atoms with Gasteiger partial charge in [-0.05, 0) is 85.1 Å². The van der Waals surface area contributed by atoms with Crippen LogP contribution in [0.25, 0.3) is 11.1 Å². The number of anilines is 1. The Balaban J connectivity index is 1.64. The Morgan fingerprint density at radius 1 is 1.03 bits per heavy atom. The third kappa shape index (κ3) is 6.37. The predicted molar refractivity (Wildman–Crippen MR) is 158 cm³/mol. The lowest BCUT2D eigenvalue weighted by Gasteiger charge is -2.24. The smallest absolute Gasteiger partial charge is 0.258 e. The maximum atomic E-state index is 13.7. The highest BCUT2D eigenvalue weighted by Gasteiger charge is 2.23. The highest BCUT2D eigenvalue weighted by molar-refractivity contribution is 7.83. The number of hydrogen-bond donors (Lipinski definition) is 2. The van der Waals surface area contributed by atoms with Gasteiger partial charge in [-0.3, -0.25) is 9.59 Å². The number of hydrogen-bond acceptors (Lipinski definition) is 4. The number of ether oxygens (including phenoxy) is 1. The first kappa shape index (κ1) is 27.3. The van der Waals surface area contributed by atoms with E-state index in [0.717, 1.165) is 42.5 Å². The van der Waals surface area contributed by atoms with Crippen molar-refractivity contribution in [3.05, 3.63) is 107 Å². The van der Waals surface area contributed by atoms with E-state index < -0.39 is 0 Å². The summed E-state index contributed by atoms with van der Waals surface area (Å²) in [6.07, 6.45) is 5.61. The van der Waals surface area contributed by atoms with E-state index in [1.807, 2.05) is 72.5 Å². The third-order valence-corrected chi connectivity index (χ3v) is 6.73. The van der Waals surface area contributed by atoms with Crippen molar-refractivity contribution in [2.75, 3.05) is 18.5 Å². The van der Waals surface area contributed by atoms with Gasteiger partial charge >= 0.3 is 0 Å². The Morgan fingerprint density at radius 2 is 1.79 bits per heavy atom. The molecule has 5 nitrogen and oxygen atoms in total. The molecule has 0 saturated heterocycles. The van der Waals surface area contributed by atoms with E-state index in [-0.39, 0.29) is 11.8 Å². The largest absolute Gasteiger partial charge is 0.491 e. The van der Waals surface area contributed by atoms with Gasteiger partial charge in [0.25, 0.3) is 11.8 Å². The predicted octanol–water partition coefficient (Wildman–Crippen LogP) is 7.74. The number of amides is 2. The van der Waals surface area contributed by atoms with Crippen molar-refractivity contribution in [1.29, 1.82) is 0 Å². The number of carbonyl (C=O) groups is 2. The minimum absolute atomic E-state index is 0.0960. The summed E-state index contributed by atoms with van der Waals surface area (Å²) in [6, 6.07) is 22.6. The summed E-state index contributed by atoms with van der Waals surface area (Å²) in [6.45, 7) is 5.20. The van der Waals surface area contributed by atoms with Crippen LogP contribution in [0.15, 0.2) is 95.6 Å². The van der Waals surface area contributed by atoms with Crippen LogP contribution in [0.3, 0.4) is 0 Å². The number of carbonyl (C=O) groups excluding carboxylic acids is 2. The molecule has 0 spiro atoms. The molecule has 0 aliphatic carbocycles. The Bertz CT molecular complexity index is 1350. The van der Waals surface area contributed by atoms with E-state index in [9.17, 15) is 9.59 Å². The standard InChI is InChI=1S/C32H34N2O3S/c1-3-20-37-30-22-25(32(36)34-19-10-9-11-23(2)29(34)18-21-38)16-17-28(30)33-31(35)27-15-8-7-14-26(27)24-12-5-4-6-13-24/h4-8,12-18,21-22,38H,3,9-11,19-20H2,1-2H3,(H,33,35)/b21-18-. The number of allylic oxidation sites excluding steroid dienone is 2. The van der Waals surface area contributed by atoms with Gasteiger partial charge in [0, 0.05) is 23.4 Å². The number of nitrogens with one attached hydrogen (secondary N) is 1. The minimum atomic E-state index is -0.239. The molecule has 3 aromatic carbocycles. The quantitative estimate of drug-likeness (QED) is 0.295. The Kier molecular flexibility index (Phi) is 9.44. The zero-order valence-electron chi connectivity index (χ0n) is 21.9. The fourth-order valence-corrected chi connectivity index (χ4v) is 4.78. The molecule has 1 aliphatic rings. The first-order valence-electron chi connectivity index (χ1n) is 13.1. The maximum Gasteiger partial charge on any atom is 0.258 e. The summed E-state index contributed by atoms with van der Waals surface area (Å²) in [5.41, 5.74) is 5.49. The van der Waals surface area contributed by atoms with Gasteiger partial charge in [0.1, 0.15) is 5.75 Å². The van der Waals surface area contributed by atoms with E-state index in [4.69, 9.17) is 4.74 Å². The molecule has 2 amide bonds. The molecule has 6 heteroatoms. The van der Waals surface area contributed by atoms with Crippen LogP contribution in [0.5, 0.6) is 5.75 Å². The van der Waals surface area contributed by atoms with E-state index in [0.29, 0.717) is 35.7 Å². The molecular weight excluding hydrogens is 492 g/mol. The van der Waals surface area contributed by atoms with E-state index >= 15 is 0 Å². The minimum Gasteiger partial charge on any atom is -0.491 e. The normalized spacial score (nSPS) is 13.9. The Hall–Kier alpha value is -3.77. The van der Waals surface area contributed by atoms with Gasteiger partial charge in [0.2, 0.25) is 0 Å². The second-order valence-corrected chi connectivity index (χ2v) is 9.62. The molecule has 0 bridgehead atoms. The molecule has 196 valence electrons. The van der Waals surface area contributed by atoms with Crippen molar-refractivity contribution in [3.8, 4) is 16.9 Å². The fraction of sp³-hybridized carbons (Fsp3) is 0.250. The summed E-state index contributed by atoms with van der Waals surface area (Å²) in [7, 11) is 0. The van der Waals surface area contributed by atoms with Crippen LogP contribution in [-0.2, 0) is 0 Å². The summed E-state index contributed by atoms with van der Waals surface area (Å²) in [4.78, 5) is 28.9. The average molecular weight is 527 g/mol. The Morgan fingerprint density at radius 3 is 2.55 bits per heavy atom. The lowest BCUT2D eigenvalue weighted by Crippen LogP contribution is -2.30. The van der Waals surface area contributed by atoms with Gasteiger partial charge in [-0.15, -0.1) is 0 Å². The van der Waals surface area contributed by atoms with Gasteiger partial charge < -0.3 is 15.0 Å². The number of thiol groups is 1. The highest BCUT2D eigenvalue weighted by atomic mass is 32.1. The van der Waals surface area contributed by atoms with Crippen molar-refractivity contribution < 1.29 is 14.3 Å². The maximum absolute atomic E-state index is 13.7. The second-order valence-electron chi connectivity index (χ2n) is 9.32. The van der Waals surface area contributed by atoms with Crippen molar-refractivity contribution in [2.24, 2.45) is 0 Å². The molecule has 0 aromatic heterocycles. The SMILES string of the molecule is CCCOc1cc(C(=O)N2CCCCC(C)=C2/C=C\S)ccc1NC(=O)c1ccccc1-c1ccccc1. The van der Waals surface area contributed by atoms with Gasteiger partial charge in [-0.25, -0.2) is 0 Å². The van der Waals surface area contributed by atoms with E-state index in [1.165, 1.54) is 5.57 Å². The average Bonchev–Trinajstić information content (AvgIpc) is 3.13. The molecule has 0 radical (unpaired) electrons. The summed E-state index contributed by atoms with van der Waals surface area (Å²) in [5.74, 6) is 0.142. The van der Waals surface area contributed by atoms with E-state index in [2.05, 4.69) is 24.9 Å². The molecule has 38 heavy (non-hydrogen) atoms. The molecule has 1 heterocycles. The lowest BCUT2D eigenvalue weighted by atomic mass is 9.99. The van der Waals surface area contributed by atoms with Crippen LogP contribution in [0.4, 0.5) is 5.69 Å². The molecule has 1 aliphatic heterocycles. The fourth-order valence-electron chi connectivity index (χ4n) is 4.64. The van der Waals surface area contributed by atoms with Crippen molar-refractivity contribution in [3.63, 3.8) is 0 Å². The highest BCUT2D eigenvalue weighted by Crippen LogP contribution is 2.31. The molecule has 0 saturated carbocycles. The summed E-state index contributed by atoms with van der Waals surface area (Å²) < 4.78 is 6.01. The van der Waals surface area contributed by atoms with Crippen LogP contribution >= 0.6 is 12.6 Å². The van der Waals surface area contributed by atoms with Crippen molar-refractivity contribution in [1.82, 2.24) is 4.90 Å². The molecule has 4 rings (SSSR count). The number of nitrogens with zero attached hydrogens (tertiary/aromatic N) is 1. The molecule has 0 atom stereocenters. The zero-order valence-corrected chi connectivity index (χ0v) is 22.8. The van der Waals surface area contributed by atoms with Crippen molar-refractivity contribution in [2.45, 2.75) is 39.5 Å². The Labute approximate surface area is 230 Å². The topological polar surface area (TPSA) is 58.6 Å². The van der Waals surface area contributed by atoms with Gasteiger partial charge in [0.05, 0.1) is 12.3 Å². The van der Waals surface area contributed by atoms with Gasteiger partial charge in [-0.2, -0.15) is 12.6 Å². The molecule has 0 fully saturated rings. The van der Waals surface area contributed by atoms with Gasteiger partial charge in [0.15, 0.2) is 0 Å². The lowest BCUT2D eigenvalue weighted by molar-refractivity contribution is 0.0810. The van der Waals surface area contributed by atoms with E-state index in [1.54, 1.807) is 23.6 Å². The summed E-state index contributed by atoms with van der Waals surface area (Å²) in [5, 5.41) is 4.69. The van der Waals surface area contributed by atoms with Crippen LogP contribution in [-0.4, -0.2) is 29.9 Å². The number of benzene rings is 3. The molecule has 3 aromatic rings. The molecule has 1 N–H and O–H groups in total. The summed E-state index contributed by atoms with van der Waals surface area (Å²) >= 11 is 4.25. The van der Waals surface area contributed by atoms with Crippen LogP contribution in [0.2, 0.25) is 0 Å². The third-order valence-electron chi connectivity index (χ3n) is 6.58. The molecule has 0 unspecified atom stereocenters. The zero-order chi connectivity index (χ0) is 26.9. The first-order chi connectivity index (χ1) is 18.5.